The van der Waals surface area contributed by atoms with Crippen molar-refractivity contribution in [3.63, 3.8) is 0 Å². The van der Waals surface area contributed by atoms with Gasteiger partial charge in [0.2, 0.25) is 0 Å². The molecule has 1 aliphatic rings. The van der Waals surface area contributed by atoms with E-state index in [-0.39, 0.29) is 11.2 Å². The minimum Gasteiger partial charge on any atom is -0.330 e. The number of nitrogens with two attached hydrogens (primary N) is 1. The third-order valence-corrected chi connectivity index (χ3v) is 4.24. The average Bonchev–Trinajstić information content (AvgIpc) is 2.40. The molecule has 1 nitrogen and oxygen atoms in total. The van der Waals surface area contributed by atoms with Gasteiger partial charge in [0.15, 0.2) is 0 Å². The van der Waals surface area contributed by atoms with Crippen LogP contribution in [-0.2, 0) is 11.8 Å². The normalized spacial score (nSPS) is 19.2. The van der Waals surface area contributed by atoms with Gasteiger partial charge in [0, 0.05) is 12.0 Å². The van der Waals surface area contributed by atoms with Gasteiger partial charge in [-0.15, -0.1) is 0 Å². The molecule has 94 valence electrons. The van der Waals surface area contributed by atoms with Crippen molar-refractivity contribution in [1.82, 2.24) is 0 Å². The van der Waals surface area contributed by atoms with Crippen molar-refractivity contribution in [2.45, 2.75) is 50.9 Å². The zero-order chi connectivity index (χ0) is 12.3. The maximum Gasteiger partial charge on any atom is 0.126 e. The zero-order valence-corrected chi connectivity index (χ0v) is 10.6. The maximum atomic E-state index is 13.5. The Morgan fingerprint density at radius 2 is 1.94 bits per heavy atom. The van der Waals surface area contributed by atoms with Crippen LogP contribution in [-0.4, -0.2) is 6.54 Å². The number of benzene rings is 1. The predicted molar refractivity (Wildman–Crippen MR) is 69.6 cm³/mol. The lowest BCUT2D eigenvalue weighted by atomic mass is 9.69. The van der Waals surface area contributed by atoms with Gasteiger partial charge in [-0.05, 0) is 36.5 Å². The lowest BCUT2D eigenvalue weighted by Crippen LogP contribution is -2.37. The molecule has 0 unspecified atom stereocenters. The van der Waals surface area contributed by atoms with Gasteiger partial charge in [0.25, 0.3) is 0 Å². The number of rotatable bonds is 3. The summed E-state index contributed by atoms with van der Waals surface area (Å²) in [6.45, 7) is 2.68. The predicted octanol–water partition coefficient (Wildman–Crippen LogP) is 3.55. The van der Waals surface area contributed by atoms with E-state index in [0.29, 0.717) is 6.54 Å². The van der Waals surface area contributed by atoms with E-state index in [2.05, 4.69) is 0 Å². The van der Waals surface area contributed by atoms with E-state index < -0.39 is 0 Å². The lowest BCUT2D eigenvalue weighted by molar-refractivity contribution is 0.300. The number of aryl methyl sites for hydroxylation is 1. The summed E-state index contributed by atoms with van der Waals surface area (Å²) < 4.78 is 13.5. The van der Waals surface area contributed by atoms with Crippen LogP contribution in [0.3, 0.4) is 0 Å². The second-order valence-electron chi connectivity index (χ2n) is 5.20. The average molecular weight is 235 g/mol. The van der Waals surface area contributed by atoms with Crippen LogP contribution in [0, 0.1) is 5.82 Å². The first-order valence-corrected chi connectivity index (χ1v) is 6.71. The standard InChI is InChI=1S/C15H22FN/c1-2-12-10-13(6-7-14(12)16)15(11-17)8-4-3-5-9-15/h6-7,10H,2-5,8-9,11,17H2,1H3. The first-order valence-electron chi connectivity index (χ1n) is 6.71. The van der Waals surface area contributed by atoms with Crippen molar-refractivity contribution in [3.05, 3.63) is 35.1 Å². The fourth-order valence-electron chi connectivity index (χ4n) is 3.01. The fourth-order valence-corrected chi connectivity index (χ4v) is 3.01. The van der Waals surface area contributed by atoms with Gasteiger partial charge in [-0.2, -0.15) is 0 Å². The van der Waals surface area contributed by atoms with Gasteiger partial charge in [-0.25, -0.2) is 4.39 Å². The molecule has 2 N–H and O–H groups in total. The summed E-state index contributed by atoms with van der Waals surface area (Å²) in [7, 11) is 0. The molecule has 1 aromatic rings. The molecule has 0 aliphatic heterocycles. The molecule has 0 atom stereocenters. The Bertz CT molecular complexity index is 381. The van der Waals surface area contributed by atoms with E-state index in [0.717, 1.165) is 24.8 Å². The van der Waals surface area contributed by atoms with Crippen molar-refractivity contribution >= 4 is 0 Å². The SMILES string of the molecule is CCc1cc(C2(CN)CCCCC2)ccc1F. The molecule has 1 saturated carbocycles. The van der Waals surface area contributed by atoms with E-state index in [1.54, 1.807) is 6.07 Å². The Labute approximate surface area is 103 Å². The molecule has 0 aromatic heterocycles. The highest BCUT2D eigenvalue weighted by Crippen LogP contribution is 2.39. The van der Waals surface area contributed by atoms with Crippen LogP contribution < -0.4 is 5.73 Å². The van der Waals surface area contributed by atoms with E-state index in [4.69, 9.17) is 5.73 Å². The molecule has 0 saturated heterocycles. The van der Waals surface area contributed by atoms with Gasteiger partial charge < -0.3 is 5.73 Å². The van der Waals surface area contributed by atoms with Crippen LogP contribution >= 0.6 is 0 Å². The number of halogens is 1. The molecule has 0 heterocycles. The largest absolute Gasteiger partial charge is 0.330 e. The second-order valence-corrected chi connectivity index (χ2v) is 5.20. The third-order valence-electron chi connectivity index (χ3n) is 4.24. The van der Waals surface area contributed by atoms with E-state index in [1.807, 2.05) is 19.1 Å². The maximum absolute atomic E-state index is 13.5. The highest BCUT2D eigenvalue weighted by molar-refractivity contribution is 5.32. The molecule has 2 heteroatoms. The minimum atomic E-state index is -0.0840. The van der Waals surface area contributed by atoms with Gasteiger partial charge in [-0.3, -0.25) is 0 Å². The topological polar surface area (TPSA) is 26.0 Å². The van der Waals surface area contributed by atoms with Crippen molar-refractivity contribution in [2.75, 3.05) is 6.54 Å². The molecule has 2 rings (SSSR count). The summed E-state index contributed by atoms with van der Waals surface area (Å²) in [5.41, 5.74) is 8.18. The van der Waals surface area contributed by atoms with Crippen LogP contribution in [0.4, 0.5) is 4.39 Å². The van der Waals surface area contributed by atoms with Crippen LogP contribution in [0.25, 0.3) is 0 Å². The smallest absolute Gasteiger partial charge is 0.126 e. The Morgan fingerprint density at radius 3 is 2.53 bits per heavy atom. The van der Waals surface area contributed by atoms with Crippen LogP contribution in [0.2, 0.25) is 0 Å². The van der Waals surface area contributed by atoms with Crippen molar-refractivity contribution in [1.29, 1.82) is 0 Å². The number of hydrogen-bond acceptors (Lipinski definition) is 1. The molecule has 0 bridgehead atoms. The van der Waals surface area contributed by atoms with Crippen molar-refractivity contribution < 1.29 is 4.39 Å². The molecule has 17 heavy (non-hydrogen) atoms. The lowest BCUT2D eigenvalue weighted by Gasteiger charge is -2.37. The van der Waals surface area contributed by atoms with Crippen LogP contribution in [0.15, 0.2) is 18.2 Å². The van der Waals surface area contributed by atoms with Crippen molar-refractivity contribution in [2.24, 2.45) is 5.73 Å². The zero-order valence-electron chi connectivity index (χ0n) is 10.6. The quantitative estimate of drug-likeness (QED) is 0.852. The summed E-state index contributed by atoms with van der Waals surface area (Å²) in [5, 5.41) is 0. The second kappa shape index (κ2) is 5.18. The Kier molecular flexibility index (Phi) is 3.82. The summed E-state index contributed by atoms with van der Waals surface area (Å²) in [6, 6.07) is 5.58. The Hall–Kier alpha value is -0.890. The van der Waals surface area contributed by atoms with Crippen molar-refractivity contribution in [3.8, 4) is 0 Å². The molecule has 1 fully saturated rings. The summed E-state index contributed by atoms with van der Waals surface area (Å²) in [5.74, 6) is -0.0840. The third kappa shape index (κ3) is 2.37. The monoisotopic (exact) mass is 235 g/mol. The highest BCUT2D eigenvalue weighted by atomic mass is 19.1. The Balaban J connectivity index is 2.36. The molecule has 0 radical (unpaired) electrons. The molecular formula is C15H22FN. The molecule has 1 aromatic carbocycles. The highest BCUT2D eigenvalue weighted by Gasteiger charge is 2.32. The van der Waals surface area contributed by atoms with Crippen LogP contribution in [0.1, 0.15) is 50.2 Å². The molecule has 0 spiro atoms. The molecule has 0 amide bonds. The summed E-state index contributed by atoms with van der Waals surface area (Å²) in [4.78, 5) is 0. The van der Waals surface area contributed by atoms with Crippen LogP contribution in [0.5, 0.6) is 0 Å². The summed E-state index contributed by atoms with van der Waals surface area (Å²) in [6.07, 6.45) is 6.85. The van der Waals surface area contributed by atoms with Gasteiger partial charge >= 0.3 is 0 Å². The minimum absolute atomic E-state index is 0.0840. The molecule has 1 aliphatic carbocycles. The van der Waals surface area contributed by atoms with Gasteiger partial charge in [0.05, 0.1) is 0 Å². The Morgan fingerprint density at radius 1 is 1.24 bits per heavy atom. The number of hydrogen-bond donors (Lipinski definition) is 1. The van der Waals surface area contributed by atoms with E-state index in [1.165, 1.54) is 24.8 Å². The summed E-state index contributed by atoms with van der Waals surface area (Å²) >= 11 is 0. The fraction of sp³-hybridized carbons (Fsp3) is 0.600. The van der Waals surface area contributed by atoms with E-state index >= 15 is 0 Å². The first kappa shape index (κ1) is 12.6. The van der Waals surface area contributed by atoms with E-state index in [9.17, 15) is 4.39 Å². The van der Waals surface area contributed by atoms with Gasteiger partial charge in [0.1, 0.15) is 5.82 Å². The van der Waals surface area contributed by atoms with Gasteiger partial charge in [-0.1, -0.05) is 38.3 Å². The first-order chi connectivity index (χ1) is 8.22. The molecular weight excluding hydrogens is 213 g/mol.